The number of aromatic nitrogens is 2. The van der Waals surface area contributed by atoms with E-state index < -0.39 is 148 Å². The van der Waals surface area contributed by atoms with Gasteiger partial charge in [0.2, 0.25) is 0 Å². The molecule has 2 nitrogen and oxygen atoms in total. The Morgan fingerprint density at radius 1 is 0.500 bits per heavy atom. The van der Waals surface area contributed by atoms with E-state index >= 15 is 0 Å². The number of aromatic amines is 1. The van der Waals surface area contributed by atoms with E-state index in [9.17, 15) is 1.37 Å². The molecule has 0 atom stereocenters. The Hall–Kier alpha value is -4.30. The molecule has 150 valence electrons. The topological polar surface area (TPSA) is 20.7 Å². The molecular weight excluding hydrogens is 388 g/mol. The van der Waals surface area contributed by atoms with E-state index in [1.165, 1.54) is 0 Å². The maximum Gasteiger partial charge on any atom is 0.0652 e. The quantitative estimate of drug-likeness (QED) is 0.288. The van der Waals surface area contributed by atoms with Gasteiger partial charge in [-0.25, -0.2) is 0 Å². The zero-order chi connectivity index (χ0) is 37.6. The van der Waals surface area contributed by atoms with Gasteiger partial charge in [0.1, 0.15) is 0 Å². The fourth-order valence-corrected chi connectivity index (χ4v) is 3.75. The van der Waals surface area contributed by atoms with E-state index in [1.54, 1.807) is 0 Å². The average Bonchev–Trinajstić information content (AvgIpc) is 3.68. The van der Waals surface area contributed by atoms with Crippen LogP contribution >= 0.6 is 0 Å². The molecule has 0 aliphatic heterocycles. The molecule has 0 fully saturated rings. The first kappa shape index (κ1) is 7.11. The van der Waals surface area contributed by atoms with Gasteiger partial charge in [0.25, 0.3) is 0 Å². The number of para-hydroxylation sites is 3. The Labute approximate surface area is 212 Å². The molecule has 0 bridgehead atoms. The molecule has 2 aromatic heterocycles. The molecule has 0 amide bonds. The van der Waals surface area contributed by atoms with Crippen molar-refractivity contribution in [3.63, 3.8) is 0 Å². The van der Waals surface area contributed by atoms with Crippen LogP contribution in [0.25, 0.3) is 60.4 Å². The molecule has 0 aliphatic rings. The summed E-state index contributed by atoms with van der Waals surface area (Å²) in [6.07, 6.45) is 0. The van der Waals surface area contributed by atoms with E-state index in [0.29, 0.717) is 0 Å². The minimum Gasteiger partial charge on any atom is -0.354 e. The minimum atomic E-state index is -0.815. The maximum atomic E-state index is 9.44. The zero-order valence-corrected chi connectivity index (χ0v) is 15.9. The Balaban J connectivity index is 1.76. The van der Waals surface area contributed by atoms with E-state index in [1.807, 2.05) is 0 Å². The lowest BCUT2D eigenvalue weighted by molar-refractivity contribution is 1.18. The number of fused-ring (bicyclic) bond motifs is 6. The standard InChI is InChI=1S/C30H20N2/c1-2-8-22(9-3-1)32-29-13-7-5-11-25(29)26-17-15-21(19-30(26)32)20-14-16-24-23-10-4-6-12-27(23)31-28(24)18-20/h1-19,31H/i1D,2D,3D,4D,5D,6D,7D,8D,9D,10D,11D,12D,13D,14D,15D,16D,17D,18D,19D. The molecule has 32 heavy (non-hydrogen) atoms. The van der Waals surface area contributed by atoms with Gasteiger partial charge in [-0.1, -0.05) is 78.6 Å². The largest absolute Gasteiger partial charge is 0.354 e. The number of nitrogens with zero attached hydrogens (tertiary/aromatic N) is 1. The van der Waals surface area contributed by atoms with Crippen molar-refractivity contribution in [2.45, 2.75) is 0 Å². The van der Waals surface area contributed by atoms with Crippen molar-refractivity contribution in [2.24, 2.45) is 0 Å². The molecule has 5 aromatic carbocycles. The Morgan fingerprint density at radius 3 is 2.00 bits per heavy atom. The number of hydrogen-bond acceptors (Lipinski definition) is 0. The summed E-state index contributed by atoms with van der Waals surface area (Å²) in [4.78, 5) is 2.73. The first-order valence-electron chi connectivity index (χ1n) is 18.9. The second kappa shape index (κ2) is 6.60. The lowest BCUT2D eigenvalue weighted by Gasteiger charge is -2.09. The number of nitrogens with one attached hydrogen (secondary N) is 1. The van der Waals surface area contributed by atoms with Crippen LogP contribution in [0, 0.1) is 0 Å². The predicted octanol–water partition coefficient (Wildman–Crippen LogP) is 8.09. The third-order valence-electron chi connectivity index (χ3n) is 5.12. The summed E-state index contributed by atoms with van der Waals surface area (Å²) in [5, 5.41) is -1.14. The van der Waals surface area contributed by atoms with Crippen molar-refractivity contribution < 1.29 is 26.0 Å². The van der Waals surface area contributed by atoms with Gasteiger partial charge in [-0.05, 0) is 47.4 Å². The van der Waals surface area contributed by atoms with E-state index in [2.05, 4.69) is 4.98 Å². The number of H-pyrrole nitrogens is 1. The van der Waals surface area contributed by atoms with Gasteiger partial charge in [-0.2, -0.15) is 0 Å². The molecule has 2 heteroatoms. The highest BCUT2D eigenvalue weighted by molar-refractivity contribution is 6.11. The molecule has 0 spiro atoms. The summed E-state index contributed by atoms with van der Waals surface area (Å²) >= 11 is 0. The van der Waals surface area contributed by atoms with E-state index in [4.69, 9.17) is 24.7 Å². The highest BCUT2D eigenvalue weighted by Crippen LogP contribution is 2.36. The molecule has 0 unspecified atom stereocenters. The van der Waals surface area contributed by atoms with Crippen LogP contribution < -0.4 is 0 Å². The Bertz CT molecular complexity index is 2770. The SMILES string of the molecule is [2H]c1c([2H])c([2H])c(-n2c3c([2H])c([2H])c([2H])c([2H])c3c3c([2H])c([2H])c(-c4c([2H])c([2H])c5c([nH]c6c([2H])c([2H])c([2H])c([2H])c65)c4[2H])c([2H])c32)c([2H])c1[2H]. The molecule has 0 aliphatic carbocycles. The van der Waals surface area contributed by atoms with Gasteiger partial charge in [0.05, 0.1) is 37.1 Å². The molecule has 1 N–H and O–H groups in total. The number of benzene rings is 5. The van der Waals surface area contributed by atoms with Gasteiger partial charge in [0.15, 0.2) is 0 Å². The summed E-state index contributed by atoms with van der Waals surface area (Å²) in [6, 6.07) is -13.5. The van der Waals surface area contributed by atoms with Crippen molar-refractivity contribution in [2.75, 3.05) is 0 Å². The summed E-state index contributed by atoms with van der Waals surface area (Å²) in [6.45, 7) is 0. The Morgan fingerprint density at radius 2 is 1.12 bits per heavy atom. The van der Waals surface area contributed by atoms with Crippen LogP contribution in [0.5, 0.6) is 0 Å². The van der Waals surface area contributed by atoms with Gasteiger partial charge >= 0.3 is 0 Å². The van der Waals surface area contributed by atoms with Crippen LogP contribution in [-0.4, -0.2) is 9.55 Å². The van der Waals surface area contributed by atoms with Crippen molar-refractivity contribution >= 4 is 43.6 Å². The third kappa shape index (κ3) is 2.47. The second-order valence-corrected chi connectivity index (χ2v) is 6.88. The minimum absolute atomic E-state index is 0.159. The molecule has 2 heterocycles. The van der Waals surface area contributed by atoms with Crippen LogP contribution in [0.15, 0.2) is 115 Å². The second-order valence-electron chi connectivity index (χ2n) is 6.88. The summed E-state index contributed by atoms with van der Waals surface area (Å²) in [5.41, 5.74) is -3.11. The molecule has 0 saturated heterocycles. The van der Waals surface area contributed by atoms with Crippen LogP contribution in [-0.2, 0) is 0 Å². The molecule has 7 aromatic rings. The first-order valence-corrected chi connectivity index (χ1v) is 9.42. The molecule has 0 saturated carbocycles. The van der Waals surface area contributed by atoms with Gasteiger partial charge in [0, 0.05) is 38.3 Å². The highest BCUT2D eigenvalue weighted by atomic mass is 15.0. The highest BCUT2D eigenvalue weighted by Gasteiger charge is 2.13. The fourth-order valence-electron chi connectivity index (χ4n) is 3.75. The lowest BCUT2D eigenvalue weighted by atomic mass is 10.0. The third-order valence-corrected chi connectivity index (χ3v) is 5.12. The monoisotopic (exact) mass is 427 g/mol. The van der Waals surface area contributed by atoms with E-state index in [-0.39, 0.29) is 27.2 Å². The molecule has 0 radical (unpaired) electrons. The van der Waals surface area contributed by atoms with Gasteiger partial charge in [-0.3, -0.25) is 0 Å². The smallest absolute Gasteiger partial charge is 0.0652 e. The van der Waals surface area contributed by atoms with Crippen LogP contribution in [0.1, 0.15) is 26.0 Å². The maximum absolute atomic E-state index is 9.44. The normalized spacial score (nSPS) is 20.1. The lowest BCUT2D eigenvalue weighted by Crippen LogP contribution is -1.93. The summed E-state index contributed by atoms with van der Waals surface area (Å²) in [5.74, 6) is 0. The van der Waals surface area contributed by atoms with Crippen molar-refractivity contribution in [3.8, 4) is 16.8 Å². The number of hydrogen-bond donors (Lipinski definition) is 1. The van der Waals surface area contributed by atoms with Crippen molar-refractivity contribution in [1.29, 1.82) is 0 Å². The van der Waals surface area contributed by atoms with Crippen LogP contribution in [0.2, 0.25) is 0 Å². The van der Waals surface area contributed by atoms with Crippen LogP contribution in [0.3, 0.4) is 0 Å². The van der Waals surface area contributed by atoms with Gasteiger partial charge < -0.3 is 9.55 Å². The molecule has 7 rings (SSSR count). The predicted molar refractivity (Wildman–Crippen MR) is 136 cm³/mol. The number of rotatable bonds is 2. The summed E-state index contributed by atoms with van der Waals surface area (Å²) < 4.78 is 165. The van der Waals surface area contributed by atoms with Crippen LogP contribution in [0.4, 0.5) is 0 Å². The summed E-state index contributed by atoms with van der Waals surface area (Å²) in [7, 11) is 0. The van der Waals surface area contributed by atoms with E-state index in [0.717, 1.165) is 4.57 Å². The van der Waals surface area contributed by atoms with Crippen molar-refractivity contribution in [1.82, 2.24) is 9.55 Å². The Kier molecular flexibility index (Phi) is 1.47. The fraction of sp³-hybridized carbons (Fsp3) is 0. The zero-order valence-electron chi connectivity index (χ0n) is 34.9. The molecular formula is C30H20N2. The van der Waals surface area contributed by atoms with Crippen molar-refractivity contribution in [3.05, 3.63) is 115 Å². The first-order chi connectivity index (χ1) is 23.8. The van der Waals surface area contributed by atoms with Gasteiger partial charge in [-0.15, -0.1) is 0 Å². The average molecular weight is 428 g/mol.